The molecule has 0 aliphatic rings. The largest absolute Gasteiger partial charge is 0.459 e. The smallest absolute Gasteiger partial charge is 0.225 e. The lowest BCUT2D eigenvalue weighted by atomic mass is 9.95. The number of amides is 1. The topological polar surface area (TPSA) is 42.2 Å². The highest BCUT2D eigenvalue weighted by Gasteiger charge is 2.24. The van der Waals surface area contributed by atoms with E-state index in [0.717, 1.165) is 16.7 Å². The quantitative estimate of drug-likeness (QED) is 0.877. The van der Waals surface area contributed by atoms with E-state index in [-0.39, 0.29) is 17.4 Å². The molecule has 0 radical (unpaired) electrons. The van der Waals surface area contributed by atoms with Crippen LogP contribution in [0.15, 0.2) is 34.7 Å². The molecule has 0 aliphatic carbocycles. The van der Waals surface area contributed by atoms with Crippen molar-refractivity contribution in [2.24, 2.45) is 5.41 Å². The summed E-state index contributed by atoms with van der Waals surface area (Å²) in [4.78, 5) is 11.9. The molecule has 2 rings (SSSR count). The Morgan fingerprint density at radius 3 is 2.56 bits per heavy atom. The Bertz CT molecular complexity index is 530. The van der Waals surface area contributed by atoms with E-state index in [4.69, 9.17) is 4.42 Å². The van der Waals surface area contributed by atoms with Gasteiger partial charge in [0.2, 0.25) is 5.91 Å². The summed E-state index contributed by atoms with van der Waals surface area (Å²) < 4.78 is 5.73. The van der Waals surface area contributed by atoms with Crippen LogP contribution in [0.2, 0.25) is 0 Å². The van der Waals surface area contributed by atoms with Gasteiger partial charge in [0, 0.05) is 10.8 Å². The molecule has 0 aliphatic heterocycles. The zero-order valence-corrected chi connectivity index (χ0v) is 11.3. The fourth-order valence-electron chi connectivity index (χ4n) is 1.70. The Hall–Kier alpha value is -1.77. The number of carbonyl (C=O) groups excluding carboxylic acids is 1. The third-order valence-corrected chi connectivity index (χ3v) is 2.90. The van der Waals surface area contributed by atoms with Crippen molar-refractivity contribution >= 4 is 16.9 Å². The van der Waals surface area contributed by atoms with Crippen LogP contribution in [-0.2, 0) is 4.79 Å². The number of rotatable bonds is 2. The molecule has 0 saturated carbocycles. The van der Waals surface area contributed by atoms with Crippen molar-refractivity contribution in [3.63, 3.8) is 0 Å². The maximum absolute atomic E-state index is 11.9. The van der Waals surface area contributed by atoms with Crippen molar-refractivity contribution in [1.82, 2.24) is 5.32 Å². The molecular formula is C15H19NO2. The van der Waals surface area contributed by atoms with Gasteiger partial charge in [0.05, 0.1) is 6.04 Å². The van der Waals surface area contributed by atoms with E-state index < -0.39 is 0 Å². The lowest BCUT2D eigenvalue weighted by Crippen LogP contribution is -2.36. The molecule has 0 spiro atoms. The maximum Gasteiger partial charge on any atom is 0.225 e. The molecule has 1 atom stereocenters. The van der Waals surface area contributed by atoms with Crippen molar-refractivity contribution in [1.29, 1.82) is 0 Å². The first-order valence-electron chi connectivity index (χ1n) is 6.17. The summed E-state index contributed by atoms with van der Waals surface area (Å²) in [6.07, 6.45) is 0. The van der Waals surface area contributed by atoms with Crippen molar-refractivity contribution in [3.05, 3.63) is 36.1 Å². The first-order chi connectivity index (χ1) is 8.38. The van der Waals surface area contributed by atoms with E-state index in [0.29, 0.717) is 0 Å². The number of hydrogen-bond donors (Lipinski definition) is 1. The number of carbonyl (C=O) groups is 1. The maximum atomic E-state index is 11.9. The lowest BCUT2D eigenvalue weighted by Gasteiger charge is -2.20. The lowest BCUT2D eigenvalue weighted by molar-refractivity contribution is -0.129. The van der Waals surface area contributed by atoms with Gasteiger partial charge in [0.1, 0.15) is 11.3 Å². The minimum Gasteiger partial charge on any atom is -0.459 e. The Balaban J connectivity index is 2.18. The molecule has 3 heteroatoms. The minimum atomic E-state index is -0.389. The van der Waals surface area contributed by atoms with Crippen LogP contribution in [-0.4, -0.2) is 5.91 Å². The van der Waals surface area contributed by atoms with Gasteiger partial charge >= 0.3 is 0 Å². The SMILES string of the molecule is CC(NC(=O)C(C)(C)C)c1cc2ccccc2o1. The average Bonchev–Trinajstić information content (AvgIpc) is 2.71. The molecule has 1 aromatic carbocycles. The van der Waals surface area contributed by atoms with Crippen LogP contribution in [0.4, 0.5) is 0 Å². The predicted octanol–water partition coefficient (Wildman–Crippen LogP) is 3.66. The van der Waals surface area contributed by atoms with E-state index in [1.165, 1.54) is 0 Å². The highest BCUT2D eigenvalue weighted by Crippen LogP contribution is 2.24. The van der Waals surface area contributed by atoms with Gasteiger partial charge < -0.3 is 9.73 Å². The van der Waals surface area contributed by atoms with Crippen LogP contribution < -0.4 is 5.32 Å². The minimum absolute atomic E-state index is 0.0236. The summed E-state index contributed by atoms with van der Waals surface area (Å²) in [6.45, 7) is 7.62. The number of hydrogen-bond acceptors (Lipinski definition) is 2. The standard InChI is InChI=1S/C15H19NO2/c1-10(16-14(17)15(2,3)4)13-9-11-7-5-6-8-12(11)18-13/h5-10H,1-4H3,(H,16,17). The normalized spacial score (nSPS) is 13.6. The van der Waals surface area contributed by atoms with Gasteiger partial charge in [-0.05, 0) is 19.1 Å². The third-order valence-electron chi connectivity index (χ3n) is 2.90. The van der Waals surface area contributed by atoms with Crippen LogP contribution in [0.25, 0.3) is 11.0 Å². The fraction of sp³-hybridized carbons (Fsp3) is 0.400. The van der Waals surface area contributed by atoms with Crippen molar-refractivity contribution in [2.45, 2.75) is 33.7 Å². The molecule has 0 fully saturated rings. The van der Waals surface area contributed by atoms with Gasteiger partial charge in [-0.25, -0.2) is 0 Å². The summed E-state index contributed by atoms with van der Waals surface area (Å²) in [7, 11) is 0. The monoisotopic (exact) mass is 245 g/mol. The zero-order chi connectivity index (χ0) is 13.3. The van der Waals surface area contributed by atoms with Gasteiger partial charge in [-0.15, -0.1) is 0 Å². The Morgan fingerprint density at radius 2 is 1.94 bits per heavy atom. The molecule has 0 bridgehead atoms. The Kier molecular flexibility index (Phi) is 3.16. The summed E-state index contributed by atoms with van der Waals surface area (Å²) >= 11 is 0. The number of nitrogens with one attached hydrogen (secondary N) is 1. The van der Waals surface area contributed by atoms with Crippen LogP contribution in [0.3, 0.4) is 0 Å². The Labute approximate surface area is 107 Å². The van der Waals surface area contributed by atoms with Crippen molar-refractivity contribution < 1.29 is 9.21 Å². The number of benzene rings is 1. The first kappa shape index (κ1) is 12.7. The predicted molar refractivity (Wildman–Crippen MR) is 72.2 cm³/mol. The highest BCUT2D eigenvalue weighted by atomic mass is 16.3. The van der Waals surface area contributed by atoms with Gasteiger partial charge in [-0.3, -0.25) is 4.79 Å². The summed E-state index contributed by atoms with van der Waals surface area (Å²) in [5.41, 5.74) is 0.463. The second-order valence-corrected chi connectivity index (χ2v) is 5.63. The summed E-state index contributed by atoms with van der Waals surface area (Å²) in [5, 5.41) is 4.02. The van der Waals surface area contributed by atoms with Crippen LogP contribution in [0.1, 0.15) is 39.5 Å². The molecule has 18 heavy (non-hydrogen) atoms. The first-order valence-corrected chi connectivity index (χ1v) is 6.17. The summed E-state index contributed by atoms with van der Waals surface area (Å²) in [5.74, 6) is 0.809. The van der Waals surface area contributed by atoms with Gasteiger partial charge in [0.25, 0.3) is 0 Å². The molecule has 96 valence electrons. The third kappa shape index (κ3) is 2.55. The molecule has 1 amide bonds. The van der Waals surface area contributed by atoms with Crippen molar-refractivity contribution in [3.8, 4) is 0 Å². The molecule has 1 aromatic heterocycles. The Morgan fingerprint density at radius 1 is 1.28 bits per heavy atom. The van der Waals surface area contributed by atoms with Crippen LogP contribution in [0.5, 0.6) is 0 Å². The van der Waals surface area contributed by atoms with Gasteiger partial charge in [0.15, 0.2) is 0 Å². The highest BCUT2D eigenvalue weighted by molar-refractivity contribution is 5.82. The molecule has 0 saturated heterocycles. The average molecular weight is 245 g/mol. The van der Waals surface area contributed by atoms with Crippen LogP contribution in [0, 0.1) is 5.41 Å². The zero-order valence-electron chi connectivity index (χ0n) is 11.3. The van der Waals surface area contributed by atoms with E-state index >= 15 is 0 Å². The van der Waals surface area contributed by atoms with E-state index in [2.05, 4.69) is 5.32 Å². The van der Waals surface area contributed by atoms with Crippen LogP contribution >= 0.6 is 0 Å². The molecular weight excluding hydrogens is 226 g/mol. The molecule has 1 heterocycles. The second kappa shape index (κ2) is 4.48. The number of furan rings is 1. The molecule has 3 nitrogen and oxygen atoms in total. The van der Waals surface area contributed by atoms with E-state index in [9.17, 15) is 4.79 Å². The van der Waals surface area contributed by atoms with E-state index in [1.807, 2.05) is 58.0 Å². The molecule has 2 aromatic rings. The van der Waals surface area contributed by atoms with Gasteiger partial charge in [-0.1, -0.05) is 39.0 Å². The number of fused-ring (bicyclic) bond motifs is 1. The molecule has 1 N–H and O–H groups in total. The second-order valence-electron chi connectivity index (χ2n) is 5.63. The van der Waals surface area contributed by atoms with E-state index in [1.54, 1.807) is 0 Å². The fourth-order valence-corrected chi connectivity index (χ4v) is 1.70. The summed E-state index contributed by atoms with van der Waals surface area (Å²) in [6, 6.07) is 9.69. The van der Waals surface area contributed by atoms with Crippen molar-refractivity contribution in [2.75, 3.05) is 0 Å². The molecule has 1 unspecified atom stereocenters. The number of para-hydroxylation sites is 1. The van der Waals surface area contributed by atoms with Gasteiger partial charge in [-0.2, -0.15) is 0 Å².